The molecule has 0 N–H and O–H groups in total. The van der Waals surface area contributed by atoms with Gasteiger partial charge < -0.3 is 4.57 Å². The summed E-state index contributed by atoms with van der Waals surface area (Å²) < 4.78 is 28.2. The lowest BCUT2D eigenvalue weighted by molar-refractivity contribution is 0.102. The smallest absolute Gasteiger partial charge is 0.215 e. The number of carbonyl (C=O) groups is 1. The summed E-state index contributed by atoms with van der Waals surface area (Å²) in [4.78, 5) is 11.9. The number of rotatable bonds is 2. The van der Waals surface area contributed by atoms with Gasteiger partial charge >= 0.3 is 0 Å². The molecular weight excluding hydrogens is 212 g/mol. The molecular formula is C12H9F2NO. The van der Waals surface area contributed by atoms with Crippen LogP contribution in [-0.2, 0) is 7.05 Å². The largest absolute Gasteiger partial charge is 0.348 e. The van der Waals surface area contributed by atoms with E-state index in [2.05, 4.69) is 0 Å². The second-order valence-corrected chi connectivity index (χ2v) is 3.43. The minimum atomic E-state index is -0.841. The highest BCUT2D eigenvalue weighted by molar-refractivity contribution is 6.08. The monoisotopic (exact) mass is 221 g/mol. The summed E-state index contributed by atoms with van der Waals surface area (Å²) in [5.74, 6) is -2.33. The number of halogens is 2. The van der Waals surface area contributed by atoms with Crippen molar-refractivity contribution in [2.75, 3.05) is 0 Å². The SMILES string of the molecule is Cn1cccc1C(=O)c1c(F)cccc1F. The summed E-state index contributed by atoms with van der Waals surface area (Å²) in [6.07, 6.45) is 1.64. The maximum absolute atomic E-state index is 13.4. The van der Waals surface area contributed by atoms with Crippen LogP contribution < -0.4 is 0 Å². The van der Waals surface area contributed by atoms with Crippen molar-refractivity contribution in [1.82, 2.24) is 4.57 Å². The van der Waals surface area contributed by atoms with Crippen LogP contribution >= 0.6 is 0 Å². The molecule has 0 aliphatic heterocycles. The third-order valence-electron chi connectivity index (χ3n) is 2.37. The van der Waals surface area contributed by atoms with Crippen molar-refractivity contribution in [2.24, 2.45) is 7.05 Å². The van der Waals surface area contributed by atoms with Gasteiger partial charge in [0, 0.05) is 13.2 Å². The predicted octanol–water partition coefficient (Wildman–Crippen LogP) is 2.53. The van der Waals surface area contributed by atoms with E-state index in [-0.39, 0.29) is 5.69 Å². The molecule has 0 saturated carbocycles. The first-order chi connectivity index (χ1) is 7.61. The molecule has 0 aliphatic carbocycles. The molecule has 0 bridgehead atoms. The van der Waals surface area contributed by atoms with Gasteiger partial charge in [0.15, 0.2) is 0 Å². The van der Waals surface area contributed by atoms with Crippen molar-refractivity contribution >= 4 is 5.78 Å². The molecule has 0 spiro atoms. The molecule has 0 radical (unpaired) electrons. The Morgan fingerprint density at radius 2 is 1.75 bits per heavy atom. The Hall–Kier alpha value is -1.97. The average molecular weight is 221 g/mol. The second kappa shape index (κ2) is 3.89. The third-order valence-corrected chi connectivity index (χ3v) is 2.37. The van der Waals surface area contributed by atoms with Gasteiger partial charge in [-0.2, -0.15) is 0 Å². The van der Waals surface area contributed by atoms with Crippen LogP contribution in [0.4, 0.5) is 8.78 Å². The molecule has 1 aromatic heterocycles. The fourth-order valence-corrected chi connectivity index (χ4v) is 1.54. The minimum Gasteiger partial charge on any atom is -0.348 e. The molecule has 4 heteroatoms. The molecule has 2 rings (SSSR count). The quantitative estimate of drug-likeness (QED) is 0.714. The lowest BCUT2D eigenvalue weighted by atomic mass is 10.1. The highest BCUT2D eigenvalue weighted by atomic mass is 19.1. The normalized spacial score (nSPS) is 10.4. The first-order valence-electron chi connectivity index (χ1n) is 4.71. The van der Waals surface area contributed by atoms with E-state index in [9.17, 15) is 13.6 Å². The minimum absolute atomic E-state index is 0.254. The van der Waals surface area contributed by atoms with Gasteiger partial charge in [0.2, 0.25) is 5.78 Å². The first kappa shape index (κ1) is 10.5. The molecule has 82 valence electrons. The van der Waals surface area contributed by atoms with E-state index in [0.717, 1.165) is 12.1 Å². The van der Waals surface area contributed by atoms with Crippen molar-refractivity contribution in [3.63, 3.8) is 0 Å². The Kier molecular flexibility index (Phi) is 2.56. The summed E-state index contributed by atoms with van der Waals surface area (Å²) in [6, 6.07) is 6.53. The standard InChI is InChI=1S/C12H9F2NO/c1-15-7-3-6-10(15)12(16)11-8(13)4-2-5-9(11)14/h2-7H,1H3. The number of carbonyl (C=O) groups excluding carboxylic acids is 1. The third kappa shape index (κ3) is 1.62. The van der Waals surface area contributed by atoms with Gasteiger partial charge in [-0.15, -0.1) is 0 Å². The Balaban J connectivity index is 2.54. The van der Waals surface area contributed by atoms with Crippen molar-refractivity contribution in [3.8, 4) is 0 Å². The fraction of sp³-hybridized carbons (Fsp3) is 0.0833. The molecule has 1 aromatic carbocycles. The van der Waals surface area contributed by atoms with Crippen LogP contribution in [0.2, 0.25) is 0 Å². The Morgan fingerprint density at radius 3 is 2.25 bits per heavy atom. The number of hydrogen-bond acceptors (Lipinski definition) is 1. The van der Waals surface area contributed by atoms with Crippen LogP contribution in [0.5, 0.6) is 0 Å². The van der Waals surface area contributed by atoms with Crippen LogP contribution in [0.15, 0.2) is 36.5 Å². The molecule has 1 heterocycles. The second-order valence-electron chi connectivity index (χ2n) is 3.43. The van der Waals surface area contributed by atoms with Crippen molar-refractivity contribution in [3.05, 3.63) is 59.4 Å². The highest BCUT2D eigenvalue weighted by Gasteiger charge is 2.20. The van der Waals surface area contributed by atoms with Gasteiger partial charge in [-0.05, 0) is 24.3 Å². The Morgan fingerprint density at radius 1 is 1.12 bits per heavy atom. The van der Waals surface area contributed by atoms with Gasteiger partial charge in [-0.25, -0.2) is 8.78 Å². The van der Waals surface area contributed by atoms with E-state index in [1.54, 1.807) is 19.3 Å². The van der Waals surface area contributed by atoms with Crippen LogP contribution in [-0.4, -0.2) is 10.4 Å². The Labute approximate surface area is 91.1 Å². The van der Waals surface area contributed by atoms with Gasteiger partial charge in [0.25, 0.3) is 0 Å². The van der Waals surface area contributed by atoms with Gasteiger partial charge in [0.05, 0.1) is 11.3 Å². The molecule has 2 aromatic rings. The van der Waals surface area contributed by atoms with Crippen LogP contribution in [0.1, 0.15) is 16.1 Å². The molecule has 0 saturated heterocycles. The van der Waals surface area contributed by atoms with E-state index in [0.29, 0.717) is 0 Å². The van der Waals surface area contributed by atoms with E-state index < -0.39 is 23.0 Å². The summed E-state index contributed by atoms with van der Waals surface area (Å²) >= 11 is 0. The number of nitrogens with zero attached hydrogens (tertiary/aromatic N) is 1. The zero-order valence-electron chi connectivity index (χ0n) is 8.58. The van der Waals surface area contributed by atoms with E-state index in [1.807, 2.05) is 0 Å². The number of benzene rings is 1. The molecule has 16 heavy (non-hydrogen) atoms. The summed E-state index contributed by atoms with van der Waals surface area (Å²) in [6.45, 7) is 0. The van der Waals surface area contributed by atoms with Crippen molar-refractivity contribution < 1.29 is 13.6 Å². The van der Waals surface area contributed by atoms with Crippen LogP contribution in [0.25, 0.3) is 0 Å². The molecule has 0 aliphatic rings. The van der Waals surface area contributed by atoms with Crippen molar-refractivity contribution in [2.45, 2.75) is 0 Å². The molecule has 0 atom stereocenters. The molecule has 0 unspecified atom stereocenters. The number of ketones is 1. The fourth-order valence-electron chi connectivity index (χ4n) is 1.54. The zero-order chi connectivity index (χ0) is 11.7. The summed E-state index contributed by atoms with van der Waals surface area (Å²) in [5, 5.41) is 0. The van der Waals surface area contributed by atoms with E-state index in [4.69, 9.17) is 0 Å². The number of hydrogen-bond donors (Lipinski definition) is 0. The highest BCUT2D eigenvalue weighted by Crippen LogP contribution is 2.16. The average Bonchev–Trinajstić information content (AvgIpc) is 2.64. The summed E-state index contributed by atoms with van der Waals surface area (Å²) in [7, 11) is 1.64. The number of aromatic nitrogens is 1. The van der Waals surface area contributed by atoms with Crippen LogP contribution in [0, 0.1) is 11.6 Å². The van der Waals surface area contributed by atoms with Crippen LogP contribution in [0.3, 0.4) is 0 Å². The summed E-state index contributed by atoms with van der Waals surface area (Å²) in [5.41, 5.74) is -0.256. The zero-order valence-corrected chi connectivity index (χ0v) is 8.58. The molecule has 0 fully saturated rings. The van der Waals surface area contributed by atoms with Crippen molar-refractivity contribution in [1.29, 1.82) is 0 Å². The maximum atomic E-state index is 13.4. The van der Waals surface area contributed by atoms with Gasteiger partial charge in [-0.1, -0.05) is 6.07 Å². The topological polar surface area (TPSA) is 22.0 Å². The van der Waals surface area contributed by atoms with E-state index >= 15 is 0 Å². The lowest BCUT2D eigenvalue weighted by Gasteiger charge is -2.04. The first-order valence-corrected chi connectivity index (χ1v) is 4.71. The molecule has 0 amide bonds. The maximum Gasteiger partial charge on any atom is 0.215 e. The Bertz CT molecular complexity index is 525. The molecule has 2 nitrogen and oxygen atoms in total. The lowest BCUT2D eigenvalue weighted by Crippen LogP contribution is -2.11. The predicted molar refractivity (Wildman–Crippen MR) is 55.2 cm³/mol. The van der Waals surface area contributed by atoms with Gasteiger partial charge in [-0.3, -0.25) is 4.79 Å². The van der Waals surface area contributed by atoms with E-state index in [1.165, 1.54) is 16.7 Å². The number of aryl methyl sites for hydroxylation is 1. The van der Waals surface area contributed by atoms with Gasteiger partial charge in [0.1, 0.15) is 11.6 Å².